The van der Waals surface area contributed by atoms with Crippen LogP contribution in [-0.4, -0.2) is 23.7 Å². The van der Waals surface area contributed by atoms with Crippen LogP contribution in [0.1, 0.15) is 34.1 Å². The summed E-state index contributed by atoms with van der Waals surface area (Å²) in [5, 5.41) is 1.76. The number of thioether (sulfide) groups is 1. The van der Waals surface area contributed by atoms with Gasteiger partial charge in [0.1, 0.15) is 16.9 Å². The smallest absolute Gasteiger partial charge is 0.319 e. The predicted octanol–water partition coefficient (Wildman–Crippen LogP) is 3.99. The highest BCUT2D eigenvalue weighted by Crippen LogP contribution is 2.31. The van der Waals surface area contributed by atoms with Crippen molar-refractivity contribution < 1.29 is 23.1 Å². The van der Waals surface area contributed by atoms with Gasteiger partial charge in [-0.2, -0.15) is 0 Å². The van der Waals surface area contributed by atoms with Crippen LogP contribution >= 0.6 is 11.8 Å². The quantitative estimate of drug-likeness (QED) is 0.600. The first-order valence-electron chi connectivity index (χ1n) is 7.39. The fraction of sp³-hybridized carbons (Fsp3) is 0.500. The number of hydrogen-bond donors (Lipinski definition) is 1. The van der Waals surface area contributed by atoms with E-state index in [1.165, 1.54) is 6.07 Å². The molecular formula is C16H21F2NO3S. The minimum atomic E-state index is -0.859. The molecule has 1 atom stereocenters. The Morgan fingerprint density at radius 3 is 2.43 bits per heavy atom. The van der Waals surface area contributed by atoms with Gasteiger partial charge in [0.05, 0.1) is 12.3 Å². The molecule has 1 aromatic carbocycles. The molecule has 0 spiro atoms. The third-order valence-electron chi connectivity index (χ3n) is 2.89. The van der Waals surface area contributed by atoms with Crippen molar-refractivity contribution in [3.63, 3.8) is 0 Å². The number of halogens is 2. The second-order valence-electron chi connectivity index (χ2n) is 5.33. The van der Waals surface area contributed by atoms with Gasteiger partial charge in [-0.15, -0.1) is 11.8 Å². The Bertz CT molecular complexity index is 579. The van der Waals surface area contributed by atoms with Gasteiger partial charge in [0.15, 0.2) is 0 Å². The average Bonchev–Trinajstić information content (AvgIpc) is 2.49. The van der Waals surface area contributed by atoms with Gasteiger partial charge in [-0.3, -0.25) is 9.59 Å². The Morgan fingerprint density at radius 1 is 1.22 bits per heavy atom. The maximum Gasteiger partial charge on any atom is 0.319 e. The molecule has 1 N–H and O–H groups in total. The minimum absolute atomic E-state index is 0.0754. The van der Waals surface area contributed by atoms with Crippen LogP contribution in [-0.2, 0) is 14.3 Å². The highest BCUT2D eigenvalue weighted by atomic mass is 32.2. The number of amides is 1. The summed E-state index contributed by atoms with van der Waals surface area (Å²) in [5.74, 6) is -2.82. The molecular weight excluding hydrogens is 324 g/mol. The van der Waals surface area contributed by atoms with E-state index in [-0.39, 0.29) is 22.4 Å². The molecule has 128 valence electrons. The van der Waals surface area contributed by atoms with E-state index < -0.39 is 22.9 Å². The lowest BCUT2D eigenvalue weighted by atomic mass is 10.2. The number of rotatable bonds is 7. The monoisotopic (exact) mass is 345 g/mol. The Labute approximate surface area is 139 Å². The van der Waals surface area contributed by atoms with Crippen LogP contribution in [0.3, 0.4) is 0 Å². The molecule has 0 heterocycles. The predicted molar refractivity (Wildman–Crippen MR) is 86.4 cm³/mol. The molecule has 0 fully saturated rings. The highest BCUT2D eigenvalue weighted by Gasteiger charge is 2.20. The molecule has 4 nitrogen and oxygen atoms in total. The number of nitrogens with one attached hydrogen (secondary N) is 1. The normalized spacial score (nSPS) is 12.1. The molecule has 1 rings (SSSR count). The molecule has 1 amide bonds. The number of carbonyl (C=O) groups excluding carboxylic acids is 2. The zero-order valence-electron chi connectivity index (χ0n) is 13.6. The second-order valence-corrected chi connectivity index (χ2v) is 6.72. The molecule has 1 unspecified atom stereocenters. The Balaban J connectivity index is 2.90. The van der Waals surface area contributed by atoms with Crippen LogP contribution in [0.5, 0.6) is 0 Å². The van der Waals surface area contributed by atoms with E-state index in [4.69, 9.17) is 4.74 Å². The van der Waals surface area contributed by atoms with Crippen LogP contribution in [0, 0.1) is 17.6 Å². The van der Waals surface area contributed by atoms with Crippen LogP contribution in [0.25, 0.3) is 0 Å². The van der Waals surface area contributed by atoms with Crippen molar-refractivity contribution in [1.82, 2.24) is 0 Å². The summed E-state index contributed by atoms with van der Waals surface area (Å²) in [6.07, 6.45) is 0.694. The zero-order valence-corrected chi connectivity index (χ0v) is 14.4. The summed E-state index contributed by atoms with van der Waals surface area (Å²) in [7, 11) is 0. The van der Waals surface area contributed by atoms with Gasteiger partial charge in [-0.1, -0.05) is 20.8 Å². The van der Waals surface area contributed by atoms with Gasteiger partial charge < -0.3 is 10.1 Å². The van der Waals surface area contributed by atoms with Gasteiger partial charge in [0, 0.05) is 16.9 Å². The number of carbonyl (C=O) groups is 2. The molecule has 0 aromatic heterocycles. The SMILES string of the molecule is CCCOC(=O)C(C)Sc1cc(NC(=O)C(C)C)c(F)cc1F. The third-order valence-corrected chi connectivity index (χ3v) is 4.00. The van der Waals surface area contributed by atoms with Crippen molar-refractivity contribution >= 4 is 29.3 Å². The van der Waals surface area contributed by atoms with Crippen molar-refractivity contribution in [2.45, 2.75) is 44.3 Å². The topological polar surface area (TPSA) is 55.4 Å². The lowest BCUT2D eigenvalue weighted by molar-refractivity contribution is -0.142. The summed E-state index contributed by atoms with van der Waals surface area (Å²) < 4.78 is 32.6. The van der Waals surface area contributed by atoms with E-state index in [0.29, 0.717) is 19.1 Å². The van der Waals surface area contributed by atoms with E-state index in [1.807, 2.05) is 6.92 Å². The van der Waals surface area contributed by atoms with E-state index in [1.54, 1.807) is 20.8 Å². The molecule has 0 saturated heterocycles. The van der Waals surface area contributed by atoms with E-state index in [2.05, 4.69) is 5.32 Å². The van der Waals surface area contributed by atoms with Crippen molar-refractivity contribution in [2.75, 3.05) is 11.9 Å². The third kappa shape index (κ3) is 5.82. The number of hydrogen-bond acceptors (Lipinski definition) is 4. The maximum atomic E-state index is 13.9. The van der Waals surface area contributed by atoms with Gasteiger partial charge in [-0.25, -0.2) is 8.78 Å². The van der Waals surface area contributed by atoms with Crippen LogP contribution in [0.15, 0.2) is 17.0 Å². The van der Waals surface area contributed by atoms with Crippen LogP contribution in [0.4, 0.5) is 14.5 Å². The van der Waals surface area contributed by atoms with Gasteiger partial charge in [-0.05, 0) is 19.4 Å². The zero-order chi connectivity index (χ0) is 17.6. The molecule has 0 saturated carbocycles. The summed E-state index contributed by atoms with van der Waals surface area (Å²) in [5.41, 5.74) is -0.110. The number of anilines is 1. The lowest BCUT2D eigenvalue weighted by Crippen LogP contribution is -2.19. The van der Waals surface area contributed by atoms with E-state index in [9.17, 15) is 18.4 Å². The summed E-state index contributed by atoms with van der Waals surface area (Å²) in [4.78, 5) is 23.5. The van der Waals surface area contributed by atoms with Gasteiger partial charge >= 0.3 is 5.97 Å². The molecule has 0 aliphatic heterocycles. The van der Waals surface area contributed by atoms with Gasteiger partial charge in [0.2, 0.25) is 5.91 Å². The fourth-order valence-electron chi connectivity index (χ4n) is 1.55. The fourth-order valence-corrected chi connectivity index (χ4v) is 2.45. The van der Waals surface area contributed by atoms with Gasteiger partial charge in [0.25, 0.3) is 0 Å². The molecule has 0 radical (unpaired) electrons. The molecule has 0 aliphatic rings. The summed E-state index contributed by atoms with van der Waals surface area (Å²) >= 11 is 0.920. The van der Waals surface area contributed by atoms with E-state index in [0.717, 1.165) is 11.8 Å². The van der Waals surface area contributed by atoms with Crippen molar-refractivity contribution in [1.29, 1.82) is 0 Å². The van der Waals surface area contributed by atoms with Crippen molar-refractivity contribution in [3.05, 3.63) is 23.8 Å². The average molecular weight is 345 g/mol. The molecule has 0 aliphatic carbocycles. The lowest BCUT2D eigenvalue weighted by Gasteiger charge is -2.14. The standard InChI is InChI=1S/C16H21F2NO3S/c1-5-6-22-16(21)10(4)23-14-8-13(11(17)7-12(14)18)19-15(20)9(2)3/h7-10H,5-6H2,1-4H3,(H,19,20). The molecule has 23 heavy (non-hydrogen) atoms. The first-order chi connectivity index (χ1) is 10.8. The Morgan fingerprint density at radius 2 is 1.87 bits per heavy atom. The Hall–Kier alpha value is -1.63. The Kier molecular flexibility index (Phi) is 7.48. The maximum absolute atomic E-state index is 13.9. The number of ether oxygens (including phenoxy) is 1. The summed E-state index contributed by atoms with van der Waals surface area (Å²) in [6.45, 7) is 7.08. The van der Waals surface area contributed by atoms with Crippen LogP contribution in [0.2, 0.25) is 0 Å². The first-order valence-corrected chi connectivity index (χ1v) is 8.27. The first kappa shape index (κ1) is 19.4. The number of esters is 1. The second kappa shape index (κ2) is 8.86. The van der Waals surface area contributed by atoms with Crippen molar-refractivity contribution in [3.8, 4) is 0 Å². The molecule has 0 bridgehead atoms. The minimum Gasteiger partial charge on any atom is -0.465 e. The molecule has 1 aromatic rings. The largest absolute Gasteiger partial charge is 0.465 e. The van der Waals surface area contributed by atoms with E-state index >= 15 is 0 Å². The number of benzene rings is 1. The highest BCUT2D eigenvalue weighted by molar-refractivity contribution is 8.00. The summed E-state index contributed by atoms with van der Waals surface area (Å²) in [6, 6.07) is 1.89. The van der Waals surface area contributed by atoms with Crippen molar-refractivity contribution in [2.24, 2.45) is 5.92 Å². The van der Waals surface area contributed by atoms with Crippen LogP contribution < -0.4 is 5.32 Å². The molecule has 7 heteroatoms.